The summed E-state index contributed by atoms with van der Waals surface area (Å²) in [6, 6.07) is 11.5. The van der Waals surface area contributed by atoms with Gasteiger partial charge in [-0.05, 0) is 36.8 Å². The summed E-state index contributed by atoms with van der Waals surface area (Å²) in [7, 11) is 0. The van der Waals surface area contributed by atoms with Gasteiger partial charge in [0, 0.05) is 11.9 Å². The molecule has 0 aliphatic heterocycles. The van der Waals surface area contributed by atoms with E-state index in [4.69, 9.17) is 4.42 Å². The van der Waals surface area contributed by atoms with E-state index in [-0.39, 0.29) is 5.91 Å². The summed E-state index contributed by atoms with van der Waals surface area (Å²) in [5.74, 6) is 1.28. The van der Waals surface area contributed by atoms with Gasteiger partial charge in [-0.3, -0.25) is 4.79 Å². The van der Waals surface area contributed by atoms with Crippen LogP contribution in [-0.4, -0.2) is 25.7 Å². The number of thiazole rings is 1. The van der Waals surface area contributed by atoms with Crippen molar-refractivity contribution < 1.29 is 9.21 Å². The maximum absolute atomic E-state index is 12.3. The molecule has 26 heavy (non-hydrogen) atoms. The van der Waals surface area contributed by atoms with Gasteiger partial charge in [0.2, 0.25) is 0 Å². The number of nitrogens with one attached hydrogen (secondary N) is 1. The van der Waals surface area contributed by atoms with E-state index in [1.54, 1.807) is 16.4 Å². The van der Waals surface area contributed by atoms with Crippen LogP contribution >= 0.6 is 11.3 Å². The van der Waals surface area contributed by atoms with Crippen molar-refractivity contribution in [2.45, 2.75) is 13.5 Å². The Morgan fingerprint density at radius 3 is 2.77 bits per heavy atom. The van der Waals surface area contributed by atoms with E-state index in [1.807, 2.05) is 43.3 Å². The summed E-state index contributed by atoms with van der Waals surface area (Å²) in [5, 5.41) is 9.39. The first-order chi connectivity index (χ1) is 12.7. The van der Waals surface area contributed by atoms with Crippen molar-refractivity contribution in [3.05, 3.63) is 71.5 Å². The number of aromatic nitrogens is 4. The molecule has 1 N–H and O–H groups in total. The fourth-order valence-electron chi connectivity index (χ4n) is 2.42. The molecule has 3 heterocycles. The Hall–Kier alpha value is -3.26. The van der Waals surface area contributed by atoms with E-state index in [0.717, 1.165) is 17.0 Å². The predicted molar refractivity (Wildman–Crippen MR) is 97.1 cm³/mol. The Morgan fingerprint density at radius 1 is 1.23 bits per heavy atom. The Balaban J connectivity index is 1.39. The molecule has 0 atom stereocenters. The molecule has 0 unspecified atom stereocenters. The highest BCUT2D eigenvalue weighted by Gasteiger charge is 2.13. The van der Waals surface area contributed by atoms with E-state index in [1.165, 1.54) is 17.7 Å². The molecule has 1 amide bonds. The number of aryl methyl sites for hydroxylation is 1. The van der Waals surface area contributed by atoms with Crippen molar-refractivity contribution >= 4 is 17.2 Å². The standard InChI is InChI=1S/C18H15N5O2S/c1-12-2-7-16(25-12)18-22-15(9-26-18)17(24)20-8-13-3-5-14(6-4-13)23-11-19-10-21-23/h2-7,9-11H,8H2,1H3,(H,20,24). The van der Waals surface area contributed by atoms with Crippen LogP contribution in [0.3, 0.4) is 0 Å². The Morgan fingerprint density at radius 2 is 2.08 bits per heavy atom. The van der Waals surface area contributed by atoms with E-state index < -0.39 is 0 Å². The third-order valence-corrected chi connectivity index (χ3v) is 4.62. The molecule has 130 valence electrons. The van der Waals surface area contributed by atoms with Crippen LogP contribution in [-0.2, 0) is 6.54 Å². The maximum atomic E-state index is 12.3. The van der Waals surface area contributed by atoms with Gasteiger partial charge in [0.1, 0.15) is 24.1 Å². The SMILES string of the molecule is Cc1ccc(-c2nc(C(=O)NCc3ccc(-n4cncn4)cc3)cs2)o1. The number of furan rings is 1. The minimum atomic E-state index is -0.212. The van der Waals surface area contributed by atoms with E-state index >= 15 is 0 Å². The second-order valence-electron chi connectivity index (χ2n) is 5.64. The zero-order valence-corrected chi connectivity index (χ0v) is 14.7. The van der Waals surface area contributed by atoms with Crippen molar-refractivity contribution in [3.63, 3.8) is 0 Å². The zero-order chi connectivity index (χ0) is 17.9. The van der Waals surface area contributed by atoms with Gasteiger partial charge in [-0.25, -0.2) is 14.6 Å². The molecular formula is C18H15N5O2S. The van der Waals surface area contributed by atoms with Gasteiger partial charge in [-0.1, -0.05) is 12.1 Å². The monoisotopic (exact) mass is 365 g/mol. The van der Waals surface area contributed by atoms with E-state index in [0.29, 0.717) is 23.0 Å². The molecule has 4 rings (SSSR count). The predicted octanol–water partition coefficient (Wildman–Crippen LogP) is 3.22. The van der Waals surface area contributed by atoms with Crippen LogP contribution in [0.5, 0.6) is 0 Å². The average Bonchev–Trinajstić information content (AvgIpc) is 3.41. The highest BCUT2D eigenvalue weighted by Crippen LogP contribution is 2.25. The molecule has 8 heteroatoms. The summed E-state index contributed by atoms with van der Waals surface area (Å²) in [6.45, 7) is 2.29. The van der Waals surface area contributed by atoms with Gasteiger partial charge in [0.25, 0.3) is 5.91 Å². The molecule has 3 aromatic heterocycles. The van der Waals surface area contributed by atoms with Crippen molar-refractivity contribution in [3.8, 4) is 16.5 Å². The first-order valence-electron chi connectivity index (χ1n) is 7.93. The molecule has 0 aliphatic rings. The lowest BCUT2D eigenvalue weighted by atomic mass is 10.2. The molecule has 0 spiro atoms. The van der Waals surface area contributed by atoms with Gasteiger partial charge >= 0.3 is 0 Å². The minimum Gasteiger partial charge on any atom is -0.459 e. The van der Waals surface area contributed by atoms with Gasteiger partial charge in [0.15, 0.2) is 10.8 Å². The number of nitrogens with zero attached hydrogens (tertiary/aromatic N) is 4. The van der Waals surface area contributed by atoms with Gasteiger partial charge in [0.05, 0.1) is 5.69 Å². The second kappa shape index (κ2) is 6.93. The lowest BCUT2D eigenvalue weighted by Gasteiger charge is -2.05. The number of hydrogen-bond acceptors (Lipinski definition) is 6. The zero-order valence-electron chi connectivity index (χ0n) is 13.9. The molecule has 0 fully saturated rings. The quantitative estimate of drug-likeness (QED) is 0.587. The average molecular weight is 365 g/mol. The maximum Gasteiger partial charge on any atom is 0.271 e. The van der Waals surface area contributed by atoms with Crippen LogP contribution in [0, 0.1) is 6.92 Å². The van der Waals surface area contributed by atoms with Crippen molar-refractivity contribution in [1.29, 1.82) is 0 Å². The van der Waals surface area contributed by atoms with E-state index in [9.17, 15) is 4.79 Å². The highest BCUT2D eigenvalue weighted by molar-refractivity contribution is 7.13. The molecule has 0 aliphatic carbocycles. The first kappa shape index (κ1) is 16.2. The first-order valence-corrected chi connectivity index (χ1v) is 8.81. The largest absolute Gasteiger partial charge is 0.459 e. The molecule has 0 saturated carbocycles. The Bertz CT molecular complexity index is 1020. The normalized spacial score (nSPS) is 10.8. The second-order valence-corrected chi connectivity index (χ2v) is 6.50. The van der Waals surface area contributed by atoms with Crippen LogP contribution < -0.4 is 5.32 Å². The number of rotatable bonds is 5. The Kier molecular flexibility index (Phi) is 4.32. The summed E-state index contributed by atoms with van der Waals surface area (Å²) < 4.78 is 7.21. The summed E-state index contributed by atoms with van der Waals surface area (Å²) in [6.07, 6.45) is 3.12. The van der Waals surface area contributed by atoms with Gasteiger partial charge in [-0.15, -0.1) is 11.3 Å². The van der Waals surface area contributed by atoms with Crippen LogP contribution in [0.25, 0.3) is 16.5 Å². The number of carbonyl (C=O) groups excluding carboxylic acids is 1. The number of hydrogen-bond donors (Lipinski definition) is 1. The van der Waals surface area contributed by atoms with Gasteiger partial charge in [-0.2, -0.15) is 5.10 Å². The summed E-state index contributed by atoms with van der Waals surface area (Å²) in [5.41, 5.74) is 2.29. The van der Waals surface area contributed by atoms with Crippen LogP contribution in [0.2, 0.25) is 0 Å². The van der Waals surface area contributed by atoms with Crippen LogP contribution in [0.4, 0.5) is 0 Å². The number of carbonyl (C=O) groups is 1. The van der Waals surface area contributed by atoms with Crippen molar-refractivity contribution in [2.24, 2.45) is 0 Å². The fourth-order valence-corrected chi connectivity index (χ4v) is 3.18. The van der Waals surface area contributed by atoms with Crippen LogP contribution in [0.1, 0.15) is 21.8 Å². The van der Waals surface area contributed by atoms with Crippen molar-refractivity contribution in [2.75, 3.05) is 0 Å². The molecule has 4 aromatic rings. The molecule has 0 radical (unpaired) electrons. The molecule has 1 aromatic carbocycles. The summed E-state index contributed by atoms with van der Waals surface area (Å²) >= 11 is 1.39. The minimum absolute atomic E-state index is 0.212. The molecule has 7 nitrogen and oxygen atoms in total. The molecular weight excluding hydrogens is 350 g/mol. The van der Waals surface area contributed by atoms with Crippen molar-refractivity contribution in [1.82, 2.24) is 25.1 Å². The van der Waals surface area contributed by atoms with Gasteiger partial charge < -0.3 is 9.73 Å². The smallest absolute Gasteiger partial charge is 0.271 e. The number of amides is 1. The third-order valence-electron chi connectivity index (χ3n) is 3.76. The third kappa shape index (κ3) is 3.40. The molecule has 0 saturated heterocycles. The number of benzene rings is 1. The highest BCUT2D eigenvalue weighted by atomic mass is 32.1. The lowest BCUT2D eigenvalue weighted by Crippen LogP contribution is -2.23. The topological polar surface area (TPSA) is 85.8 Å². The Labute approximate surface area is 153 Å². The molecule has 0 bridgehead atoms. The summed E-state index contributed by atoms with van der Waals surface area (Å²) in [4.78, 5) is 20.6. The lowest BCUT2D eigenvalue weighted by molar-refractivity contribution is 0.0946. The van der Waals surface area contributed by atoms with Crippen LogP contribution in [0.15, 0.2) is 58.9 Å². The van der Waals surface area contributed by atoms with E-state index in [2.05, 4.69) is 20.4 Å². The fraction of sp³-hybridized carbons (Fsp3) is 0.111.